The first-order valence-electron chi connectivity index (χ1n) is 7.58. The maximum Gasteiger partial charge on any atom is 0.224 e. The quantitative estimate of drug-likeness (QED) is 0.916. The Balaban J connectivity index is 1.57. The lowest BCUT2D eigenvalue weighted by atomic mass is 9.95. The van der Waals surface area contributed by atoms with Crippen molar-refractivity contribution in [2.45, 2.75) is 45.1 Å². The predicted molar refractivity (Wildman–Crippen MR) is 78.8 cm³/mol. The van der Waals surface area contributed by atoms with Crippen LogP contribution in [0.15, 0.2) is 18.2 Å². The van der Waals surface area contributed by atoms with Gasteiger partial charge in [-0.25, -0.2) is 0 Å². The number of fused-ring (bicyclic) bond motifs is 2. The minimum atomic E-state index is 0.159. The second kappa shape index (κ2) is 5.47. The highest BCUT2D eigenvalue weighted by Crippen LogP contribution is 2.44. The number of benzene rings is 1. The molecule has 0 spiro atoms. The van der Waals surface area contributed by atoms with Gasteiger partial charge in [0.05, 0.1) is 13.5 Å². The van der Waals surface area contributed by atoms with Crippen LogP contribution in [-0.2, 0) is 11.2 Å². The summed E-state index contributed by atoms with van der Waals surface area (Å²) in [4.78, 5) is 12.2. The van der Waals surface area contributed by atoms with E-state index in [-0.39, 0.29) is 5.91 Å². The molecule has 2 aliphatic carbocycles. The summed E-state index contributed by atoms with van der Waals surface area (Å²) in [5.41, 5.74) is 2.14. The van der Waals surface area contributed by atoms with E-state index >= 15 is 0 Å². The Bertz CT molecular complexity index is 512. The Kier molecular flexibility index (Phi) is 3.68. The van der Waals surface area contributed by atoms with Crippen LogP contribution in [0.5, 0.6) is 5.75 Å². The van der Waals surface area contributed by atoms with E-state index in [0.717, 1.165) is 28.7 Å². The number of hydrogen-bond donors (Lipinski definition) is 1. The van der Waals surface area contributed by atoms with Crippen molar-refractivity contribution in [3.8, 4) is 5.75 Å². The molecule has 2 fully saturated rings. The van der Waals surface area contributed by atoms with Gasteiger partial charge in [0.15, 0.2) is 0 Å². The fourth-order valence-corrected chi connectivity index (χ4v) is 3.92. The van der Waals surface area contributed by atoms with Gasteiger partial charge >= 0.3 is 0 Å². The summed E-state index contributed by atoms with van der Waals surface area (Å²) in [5, 5.41) is 3.24. The third-order valence-corrected chi connectivity index (χ3v) is 4.91. The Morgan fingerprint density at radius 1 is 1.35 bits per heavy atom. The highest BCUT2D eigenvalue weighted by atomic mass is 16.5. The van der Waals surface area contributed by atoms with Gasteiger partial charge in [0.25, 0.3) is 0 Å². The standard InChI is InChI=1S/C17H23NO2/c1-11-7-12(4-6-16(11)20-2)10-17(19)18-15-9-13-3-5-14(15)8-13/h4,6-7,13-15H,3,5,8-10H2,1-2H3,(H,18,19). The van der Waals surface area contributed by atoms with Crippen LogP contribution in [0.4, 0.5) is 0 Å². The second-order valence-corrected chi connectivity index (χ2v) is 6.33. The minimum absolute atomic E-state index is 0.159. The molecule has 20 heavy (non-hydrogen) atoms. The van der Waals surface area contributed by atoms with Gasteiger partial charge in [-0.3, -0.25) is 4.79 Å². The maximum absolute atomic E-state index is 12.2. The van der Waals surface area contributed by atoms with E-state index in [1.807, 2.05) is 25.1 Å². The molecule has 0 radical (unpaired) electrons. The Hall–Kier alpha value is -1.51. The first-order chi connectivity index (χ1) is 9.65. The first kappa shape index (κ1) is 13.5. The number of methoxy groups -OCH3 is 1. The van der Waals surface area contributed by atoms with E-state index in [9.17, 15) is 4.79 Å². The highest BCUT2D eigenvalue weighted by Gasteiger charge is 2.39. The molecule has 1 aromatic carbocycles. The van der Waals surface area contributed by atoms with Gasteiger partial charge in [0.2, 0.25) is 5.91 Å². The van der Waals surface area contributed by atoms with Crippen LogP contribution in [0, 0.1) is 18.8 Å². The van der Waals surface area contributed by atoms with Crippen molar-refractivity contribution in [1.29, 1.82) is 0 Å². The fraction of sp³-hybridized carbons (Fsp3) is 0.588. The number of carbonyl (C=O) groups is 1. The summed E-state index contributed by atoms with van der Waals surface area (Å²) >= 11 is 0. The largest absolute Gasteiger partial charge is 0.496 e. The second-order valence-electron chi connectivity index (χ2n) is 6.33. The van der Waals surface area contributed by atoms with Crippen molar-refractivity contribution in [3.05, 3.63) is 29.3 Å². The molecule has 1 N–H and O–H groups in total. The molecule has 3 unspecified atom stereocenters. The lowest BCUT2D eigenvalue weighted by Gasteiger charge is -2.23. The van der Waals surface area contributed by atoms with Gasteiger partial charge in [0.1, 0.15) is 5.75 Å². The van der Waals surface area contributed by atoms with Crippen LogP contribution in [0.2, 0.25) is 0 Å². The molecule has 1 aromatic rings. The molecule has 3 nitrogen and oxygen atoms in total. The highest BCUT2D eigenvalue weighted by molar-refractivity contribution is 5.79. The van der Waals surface area contributed by atoms with Crippen LogP contribution in [0.1, 0.15) is 36.8 Å². The van der Waals surface area contributed by atoms with Crippen molar-refractivity contribution in [3.63, 3.8) is 0 Å². The lowest BCUT2D eigenvalue weighted by Crippen LogP contribution is -2.39. The smallest absolute Gasteiger partial charge is 0.224 e. The van der Waals surface area contributed by atoms with Crippen molar-refractivity contribution >= 4 is 5.91 Å². The summed E-state index contributed by atoms with van der Waals surface area (Å²) in [5.74, 6) is 2.64. The van der Waals surface area contributed by atoms with Crippen molar-refractivity contribution in [2.75, 3.05) is 7.11 Å². The Labute approximate surface area is 120 Å². The van der Waals surface area contributed by atoms with Crippen LogP contribution in [0.25, 0.3) is 0 Å². The summed E-state index contributed by atoms with van der Waals surface area (Å²) in [6.45, 7) is 2.01. The molecule has 0 aliphatic heterocycles. The van der Waals surface area contributed by atoms with Crippen LogP contribution in [0.3, 0.4) is 0 Å². The molecule has 0 heterocycles. The third-order valence-electron chi connectivity index (χ3n) is 4.91. The zero-order valence-electron chi connectivity index (χ0n) is 12.3. The molecule has 0 aromatic heterocycles. The number of hydrogen-bond acceptors (Lipinski definition) is 2. The van der Waals surface area contributed by atoms with Gasteiger partial charge in [-0.15, -0.1) is 0 Å². The van der Waals surface area contributed by atoms with Gasteiger partial charge in [-0.2, -0.15) is 0 Å². The zero-order chi connectivity index (χ0) is 14.1. The molecular weight excluding hydrogens is 250 g/mol. The predicted octanol–water partition coefficient (Wildman–Crippen LogP) is 2.85. The zero-order valence-corrected chi connectivity index (χ0v) is 12.3. The van der Waals surface area contributed by atoms with Crippen molar-refractivity contribution in [1.82, 2.24) is 5.32 Å². The SMILES string of the molecule is COc1ccc(CC(=O)NC2CC3CCC2C3)cc1C. The van der Waals surface area contributed by atoms with E-state index in [4.69, 9.17) is 4.74 Å². The number of rotatable bonds is 4. The molecule has 0 saturated heterocycles. The molecule has 2 bridgehead atoms. The molecule has 3 heteroatoms. The maximum atomic E-state index is 12.2. The summed E-state index contributed by atoms with van der Waals surface area (Å²) < 4.78 is 5.25. The van der Waals surface area contributed by atoms with Crippen molar-refractivity contribution in [2.24, 2.45) is 11.8 Å². The van der Waals surface area contributed by atoms with Gasteiger partial charge in [0, 0.05) is 6.04 Å². The molecular formula is C17H23NO2. The van der Waals surface area contributed by atoms with Gasteiger partial charge in [-0.05, 0) is 55.2 Å². The first-order valence-corrected chi connectivity index (χ1v) is 7.58. The monoisotopic (exact) mass is 273 g/mol. The Morgan fingerprint density at radius 2 is 2.20 bits per heavy atom. The summed E-state index contributed by atoms with van der Waals surface area (Å²) in [6.07, 6.45) is 5.66. The van der Waals surface area contributed by atoms with Crippen LogP contribution in [-0.4, -0.2) is 19.1 Å². The molecule has 2 saturated carbocycles. The molecule has 2 aliphatic rings. The van der Waals surface area contributed by atoms with Gasteiger partial charge < -0.3 is 10.1 Å². The Morgan fingerprint density at radius 3 is 2.80 bits per heavy atom. The van der Waals surface area contributed by atoms with E-state index in [0.29, 0.717) is 12.5 Å². The molecule has 3 rings (SSSR count). The van der Waals surface area contributed by atoms with Gasteiger partial charge in [-0.1, -0.05) is 18.6 Å². The number of carbonyl (C=O) groups excluding carboxylic acids is 1. The van der Waals surface area contributed by atoms with Crippen molar-refractivity contribution < 1.29 is 9.53 Å². The average Bonchev–Trinajstić information content (AvgIpc) is 3.01. The minimum Gasteiger partial charge on any atom is -0.496 e. The topological polar surface area (TPSA) is 38.3 Å². The number of ether oxygens (including phenoxy) is 1. The van der Waals surface area contributed by atoms with E-state index in [2.05, 4.69) is 5.32 Å². The normalized spacial score (nSPS) is 27.6. The van der Waals surface area contributed by atoms with Crippen LogP contribution >= 0.6 is 0 Å². The summed E-state index contributed by atoms with van der Waals surface area (Å²) in [6, 6.07) is 6.39. The van der Waals surface area contributed by atoms with E-state index in [1.165, 1.54) is 25.7 Å². The average molecular weight is 273 g/mol. The molecule has 1 amide bonds. The van der Waals surface area contributed by atoms with E-state index in [1.54, 1.807) is 7.11 Å². The summed E-state index contributed by atoms with van der Waals surface area (Å²) in [7, 11) is 1.67. The third kappa shape index (κ3) is 2.67. The van der Waals surface area contributed by atoms with E-state index < -0.39 is 0 Å². The van der Waals surface area contributed by atoms with Crippen LogP contribution < -0.4 is 10.1 Å². The number of amides is 1. The molecule has 108 valence electrons. The number of nitrogens with one attached hydrogen (secondary N) is 1. The number of aryl methyl sites for hydroxylation is 1. The fourth-order valence-electron chi connectivity index (χ4n) is 3.92. The molecule has 3 atom stereocenters. The lowest BCUT2D eigenvalue weighted by molar-refractivity contribution is -0.121.